The first-order valence-electron chi connectivity index (χ1n) is 13.4. The van der Waals surface area contributed by atoms with Gasteiger partial charge in [0.05, 0.1) is 11.1 Å². The van der Waals surface area contributed by atoms with Gasteiger partial charge in [-0.05, 0) is 67.6 Å². The number of carbonyl (C=O) groups is 2. The molecule has 0 bridgehead atoms. The number of hydrogen-bond donors (Lipinski definition) is 0. The number of piperidine rings is 2. The zero-order chi connectivity index (χ0) is 30.3. The first kappa shape index (κ1) is 33.6. The second kappa shape index (κ2) is 12.8. The van der Waals surface area contributed by atoms with Crippen LogP contribution < -0.4 is 0 Å². The van der Waals surface area contributed by atoms with Crippen molar-refractivity contribution in [2.24, 2.45) is 0 Å². The minimum absolute atomic E-state index is 0. The fourth-order valence-corrected chi connectivity index (χ4v) is 6.10. The monoisotopic (exact) mass is 623 g/mol. The van der Waals surface area contributed by atoms with Crippen LogP contribution in [0.3, 0.4) is 0 Å². The van der Waals surface area contributed by atoms with Crippen LogP contribution in [0.2, 0.25) is 0 Å². The topological polar surface area (TPSA) is 43.9 Å². The molecule has 42 heavy (non-hydrogen) atoms. The number of nitrogens with zero attached hydrogens (tertiary/aromatic N) is 3. The summed E-state index contributed by atoms with van der Waals surface area (Å²) in [5.74, 6) is -1.78. The molecule has 2 saturated heterocycles. The molecule has 2 heterocycles. The fraction of sp³-hybridized carbons (Fsp3) is 0.517. The fourth-order valence-electron chi connectivity index (χ4n) is 6.10. The number of likely N-dealkylation sites (N-methyl/N-ethyl adjacent to an activating group) is 1. The Labute approximate surface area is 246 Å². The summed E-state index contributed by atoms with van der Waals surface area (Å²) in [5, 5.41) is 0. The third kappa shape index (κ3) is 7.37. The summed E-state index contributed by atoms with van der Waals surface area (Å²) in [6.07, 6.45) is -8.25. The molecular formula is C29H33ClF7N3O2. The Bertz CT molecular complexity index is 1260. The molecule has 0 spiro atoms. The number of amides is 2. The van der Waals surface area contributed by atoms with Crippen LogP contribution in [0.4, 0.5) is 30.7 Å². The molecule has 13 heteroatoms. The largest absolute Gasteiger partial charge is 0.416 e. The zero-order valence-electron chi connectivity index (χ0n) is 23.4. The van der Waals surface area contributed by atoms with Crippen molar-refractivity contribution in [1.29, 1.82) is 0 Å². The van der Waals surface area contributed by atoms with Crippen molar-refractivity contribution < 1.29 is 40.3 Å². The van der Waals surface area contributed by atoms with Crippen LogP contribution in [0.25, 0.3) is 0 Å². The summed E-state index contributed by atoms with van der Waals surface area (Å²) in [7, 11) is 1.38. The van der Waals surface area contributed by atoms with Crippen molar-refractivity contribution >= 4 is 24.2 Å². The molecule has 2 atom stereocenters. The Hall–Kier alpha value is -2.86. The van der Waals surface area contributed by atoms with E-state index in [-0.39, 0.29) is 36.3 Å². The minimum Gasteiger partial charge on any atom is -0.343 e. The first-order valence-corrected chi connectivity index (χ1v) is 13.4. The standard InChI is InChI=1S/C29H32F7N3O2.ClH/c1-17-12-22(30)4-5-24(17)25-16-39(23-6-9-38(10-7-23)18(2)40)11-8-26(25)37(3)27(41)19-13-20(28(31,32)33)15-21(14-19)29(34,35)36;/h4-5,12-15,23,25-26H,6-11,16H2,1-3H3;1H. The van der Waals surface area contributed by atoms with Gasteiger partial charge in [0.2, 0.25) is 5.91 Å². The number of aryl methyl sites for hydroxylation is 1. The number of benzene rings is 2. The van der Waals surface area contributed by atoms with E-state index in [0.29, 0.717) is 50.3 Å². The van der Waals surface area contributed by atoms with E-state index in [0.717, 1.165) is 18.4 Å². The first-order chi connectivity index (χ1) is 19.1. The molecule has 2 aliphatic heterocycles. The maximum Gasteiger partial charge on any atom is 0.416 e. The third-order valence-electron chi connectivity index (χ3n) is 8.32. The van der Waals surface area contributed by atoms with Gasteiger partial charge < -0.3 is 9.80 Å². The van der Waals surface area contributed by atoms with Gasteiger partial charge in [-0.15, -0.1) is 12.4 Å². The highest BCUT2D eigenvalue weighted by Crippen LogP contribution is 2.38. The summed E-state index contributed by atoms with van der Waals surface area (Å²) in [6.45, 7) is 5.46. The molecule has 2 aromatic rings. The van der Waals surface area contributed by atoms with Crippen molar-refractivity contribution in [2.45, 2.75) is 63.5 Å². The Balaban J connectivity index is 0.00000484. The average Bonchev–Trinajstić information content (AvgIpc) is 2.91. The van der Waals surface area contributed by atoms with Gasteiger partial charge in [0, 0.05) is 63.7 Å². The van der Waals surface area contributed by atoms with Gasteiger partial charge in [0.25, 0.3) is 5.91 Å². The van der Waals surface area contributed by atoms with E-state index in [1.54, 1.807) is 17.9 Å². The van der Waals surface area contributed by atoms with E-state index < -0.39 is 46.8 Å². The number of carbonyl (C=O) groups excluding carboxylic acids is 2. The SMILES string of the molecule is CC(=O)N1CCC(N2CCC(N(C)C(=O)c3cc(C(F)(F)F)cc(C(F)(F)F)c3)C(c3ccc(F)cc3C)C2)CC1.Cl. The second-order valence-electron chi connectivity index (χ2n) is 10.9. The Morgan fingerprint density at radius 1 is 0.881 bits per heavy atom. The van der Waals surface area contributed by atoms with E-state index in [1.807, 2.05) is 0 Å². The lowest BCUT2D eigenvalue weighted by Gasteiger charge is -2.47. The molecule has 5 nitrogen and oxygen atoms in total. The van der Waals surface area contributed by atoms with Gasteiger partial charge >= 0.3 is 12.4 Å². The zero-order valence-corrected chi connectivity index (χ0v) is 24.2. The molecule has 232 valence electrons. The van der Waals surface area contributed by atoms with Crippen molar-refractivity contribution in [3.05, 3.63) is 70.0 Å². The lowest BCUT2D eigenvalue weighted by molar-refractivity contribution is -0.143. The highest BCUT2D eigenvalue weighted by molar-refractivity contribution is 5.95. The molecule has 2 fully saturated rings. The van der Waals surface area contributed by atoms with E-state index in [2.05, 4.69) is 4.90 Å². The predicted molar refractivity (Wildman–Crippen MR) is 145 cm³/mol. The summed E-state index contributed by atoms with van der Waals surface area (Å²) in [4.78, 5) is 30.5. The quantitative estimate of drug-likeness (QED) is 0.364. The maximum atomic E-state index is 14.0. The van der Waals surface area contributed by atoms with Crippen LogP contribution in [0, 0.1) is 12.7 Å². The Morgan fingerprint density at radius 3 is 1.95 bits per heavy atom. The minimum atomic E-state index is -5.08. The molecule has 2 unspecified atom stereocenters. The van der Waals surface area contributed by atoms with Gasteiger partial charge in [-0.2, -0.15) is 26.3 Å². The molecular weight excluding hydrogens is 591 g/mol. The summed E-state index contributed by atoms with van der Waals surface area (Å²) < 4.78 is 94.7. The molecule has 0 aromatic heterocycles. The highest BCUT2D eigenvalue weighted by Gasteiger charge is 2.41. The molecule has 0 aliphatic carbocycles. The molecule has 2 aliphatic rings. The van der Waals surface area contributed by atoms with Gasteiger partial charge in [0.15, 0.2) is 0 Å². The summed E-state index contributed by atoms with van der Waals surface area (Å²) in [5.41, 5.74) is -2.43. The number of alkyl halides is 6. The van der Waals surface area contributed by atoms with Crippen molar-refractivity contribution in [3.63, 3.8) is 0 Å². The van der Waals surface area contributed by atoms with E-state index >= 15 is 0 Å². The van der Waals surface area contributed by atoms with Crippen molar-refractivity contribution in [3.8, 4) is 0 Å². The van der Waals surface area contributed by atoms with Crippen LogP contribution in [-0.4, -0.2) is 71.8 Å². The van der Waals surface area contributed by atoms with Gasteiger partial charge in [-0.1, -0.05) is 6.07 Å². The van der Waals surface area contributed by atoms with Crippen LogP contribution in [0.15, 0.2) is 36.4 Å². The number of hydrogen-bond acceptors (Lipinski definition) is 3. The molecule has 0 saturated carbocycles. The van der Waals surface area contributed by atoms with Crippen LogP contribution in [0.5, 0.6) is 0 Å². The van der Waals surface area contributed by atoms with Gasteiger partial charge in [-0.3, -0.25) is 14.5 Å². The molecule has 4 rings (SSSR count). The lowest BCUT2D eigenvalue weighted by Crippen LogP contribution is -2.55. The number of likely N-dealkylation sites (tertiary alicyclic amines) is 2. The van der Waals surface area contributed by atoms with E-state index in [1.165, 1.54) is 31.0 Å². The van der Waals surface area contributed by atoms with Crippen molar-refractivity contribution in [1.82, 2.24) is 14.7 Å². The average molecular weight is 624 g/mol. The van der Waals surface area contributed by atoms with Gasteiger partial charge in [-0.25, -0.2) is 4.39 Å². The van der Waals surface area contributed by atoms with E-state index in [9.17, 15) is 40.3 Å². The number of halogens is 8. The molecule has 2 aromatic carbocycles. The van der Waals surface area contributed by atoms with Crippen LogP contribution in [0.1, 0.15) is 64.7 Å². The summed E-state index contributed by atoms with van der Waals surface area (Å²) in [6, 6.07) is 4.77. The number of rotatable bonds is 4. The Morgan fingerprint density at radius 2 is 1.45 bits per heavy atom. The van der Waals surface area contributed by atoms with E-state index in [4.69, 9.17) is 0 Å². The predicted octanol–water partition coefficient (Wildman–Crippen LogP) is 6.53. The molecule has 2 amide bonds. The van der Waals surface area contributed by atoms with Crippen LogP contribution in [-0.2, 0) is 17.1 Å². The molecule has 0 radical (unpaired) electrons. The van der Waals surface area contributed by atoms with Crippen molar-refractivity contribution in [2.75, 3.05) is 33.2 Å². The van der Waals surface area contributed by atoms with Gasteiger partial charge in [0.1, 0.15) is 5.82 Å². The normalized spacial score (nSPS) is 20.7. The second-order valence-corrected chi connectivity index (χ2v) is 10.9. The highest BCUT2D eigenvalue weighted by atomic mass is 35.5. The third-order valence-corrected chi connectivity index (χ3v) is 8.32. The smallest absolute Gasteiger partial charge is 0.343 e. The molecule has 0 N–H and O–H groups in total. The Kier molecular flexibility index (Phi) is 10.2. The van der Waals surface area contributed by atoms with Crippen LogP contribution >= 0.6 is 12.4 Å². The summed E-state index contributed by atoms with van der Waals surface area (Å²) >= 11 is 0. The lowest BCUT2D eigenvalue weighted by atomic mass is 9.81. The maximum absolute atomic E-state index is 14.0.